The molecule has 24 heavy (non-hydrogen) atoms. The van der Waals surface area contributed by atoms with Gasteiger partial charge in [-0.05, 0) is 57.7 Å². The van der Waals surface area contributed by atoms with Gasteiger partial charge < -0.3 is 14.6 Å². The van der Waals surface area contributed by atoms with Crippen LogP contribution < -0.4 is 10.1 Å². The Morgan fingerprint density at radius 3 is 2.58 bits per heavy atom. The van der Waals surface area contributed by atoms with Crippen LogP contribution in [0.1, 0.15) is 43.7 Å². The van der Waals surface area contributed by atoms with Gasteiger partial charge in [-0.1, -0.05) is 17.3 Å². The largest absolute Gasteiger partial charge is 0.491 e. The third-order valence-corrected chi connectivity index (χ3v) is 4.28. The van der Waals surface area contributed by atoms with Crippen LogP contribution in [0, 0.1) is 6.92 Å². The number of ether oxygens (including phenoxy) is 1. The first-order valence-electron chi connectivity index (χ1n) is 8.47. The molecule has 0 unspecified atom stereocenters. The highest BCUT2D eigenvalue weighted by molar-refractivity contribution is 5.90. The summed E-state index contributed by atoms with van der Waals surface area (Å²) in [5, 5.41) is 6.93. The van der Waals surface area contributed by atoms with Crippen LogP contribution in [-0.2, 0) is 16.6 Å². The monoisotopic (exact) mass is 328 g/mol. The van der Waals surface area contributed by atoms with Gasteiger partial charge in [0.1, 0.15) is 11.2 Å². The van der Waals surface area contributed by atoms with Crippen molar-refractivity contribution in [2.24, 2.45) is 0 Å². The van der Waals surface area contributed by atoms with Crippen LogP contribution in [-0.4, -0.2) is 23.7 Å². The molecule has 0 radical (unpaired) electrons. The Labute approximate surface area is 142 Å². The molecule has 1 amide bonds. The van der Waals surface area contributed by atoms with Crippen molar-refractivity contribution in [1.82, 2.24) is 10.5 Å². The van der Waals surface area contributed by atoms with E-state index in [0.717, 1.165) is 30.7 Å². The van der Waals surface area contributed by atoms with Gasteiger partial charge in [-0.3, -0.25) is 4.79 Å². The number of hydrogen-bond acceptors (Lipinski definition) is 4. The van der Waals surface area contributed by atoms with E-state index < -0.39 is 5.41 Å². The normalized spacial score (nSPS) is 15.3. The maximum atomic E-state index is 12.5. The molecule has 0 aliphatic heterocycles. The van der Waals surface area contributed by atoms with Gasteiger partial charge in [-0.2, -0.15) is 0 Å². The van der Waals surface area contributed by atoms with Gasteiger partial charge in [0.2, 0.25) is 5.91 Å². The van der Waals surface area contributed by atoms with Gasteiger partial charge in [0.05, 0.1) is 11.8 Å². The SMILES string of the molecule is Cc1cc(C2(C(=O)NCCc3ccc(OC(C)C)cc3)CC2)on1. The van der Waals surface area contributed by atoms with Crippen LogP contribution in [0.4, 0.5) is 0 Å². The van der Waals surface area contributed by atoms with Crippen LogP contribution in [0.25, 0.3) is 0 Å². The minimum Gasteiger partial charge on any atom is -0.491 e. The maximum Gasteiger partial charge on any atom is 0.233 e. The van der Waals surface area contributed by atoms with E-state index in [1.807, 2.05) is 51.1 Å². The van der Waals surface area contributed by atoms with E-state index in [1.165, 1.54) is 5.56 Å². The topological polar surface area (TPSA) is 64.4 Å². The molecule has 5 heteroatoms. The molecule has 1 heterocycles. The maximum absolute atomic E-state index is 12.5. The summed E-state index contributed by atoms with van der Waals surface area (Å²) in [5.74, 6) is 1.60. The summed E-state index contributed by atoms with van der Waals surface area (Å²) in [6.07, 6.45) is 2.62. The van der Waals surface area contributed by atoms with E-state index in [4.69, 9.17) is 9.26 Å². The fourth-order valence-electron chi connectivity index (χ4n) is 2.80. The average Bonchev–Trinajstić information content (AvgIpc) is 3.24. The molecule has 0 spiro atoms. The Morgan fingerprint density at radius 2 is 2.04 bits per heavy atom. The highest BCUT2D eigenvalue weighted by Crippen LogP contribution is 2.48. The van der Waals surface area contributed by atoms with Gasteiger partial charge in [0.15, 0.2) is 5.76 Å². The molecule has 1 aromatic carbocycles. The van der Waals surface area contributed by atoms with Crippen LogP contribution in [0.3, 0.4) is 0 Å². The lowest BCUT2D eigenvalue weighted by Gasteiger charge is -2.13. The zero-order valence-electron chi connectivity index (χ0n) is 14.5. The molecule has 1 aliphatic carbocycles. The van der Waals surface area contributed by atoms with Gasteiger partial charge in [-0.25, -0.2) is 0 Å². The van der Waals surface area contributed by atoms with E-state index >= 15 is 0 Å². The first kappa shape index (κ1) is 16.6. The number of nitrogens with one attached hydrogen (secondary N) is 1. The van der Waals surface area contributed by atoms with Gasteiger partial charge >= 0.3 is 0 Å². The average molecular weight is 328 g/mol. The second kappa shape index (κ2) is 6.67. The Kier molecular flexibility index (Phi) is 4.60. The van der Waals surface area contributed by atoms with Crippen molar-refractivity contribution in [2.45, 2.75) is 51.6 Å². The summed E-state index contributed by atoms with van der Waals surface area (Å²) in [6.45, 7) is 6.49. The van der Waals surface area contributed by atoms with Crippen LogP contribution >= 0.6 is 0 Å². The van der Waals surface area contributed by atoms with E-state index in [2.05, 4.69) is 10.5 Å². The third kappa shape index (κ3) is 3.61. The molecule has 1 aliphatic rings. The number of benzene rings is 1. The summed E-state index contributed by atoms with van der Waals surface area (Å²) >= 11 is 0. The van der Waals surface area contributed by atoms with E-state index in [0.29, 0.717) is 12.3 Å². The first-order chi connectivity index (χ1) is 11.5. The third-order valence-electron chi connectivity index (χ3n) is 4.28. The number of aromatic nitrogens is 1. The lowest BCUT2D eigenvalue weighted by atomic mass is 10.0. The Morgan fingerprint density at radius 1 is 1.33 bits per heavy atom. The highest BCUT2D eigenvalue weighted by Gasteiger charge is 2.54. The molecule has 1 saturated carbocycles. The number of carbonyl (C=O) groups is 1. The molecule has 1 aromatic heterocycles. The smallest absolute Gasteiger partial charge is 0.233 e. The van der Waals surface area contributed by atoms with Gasteiger partial charge in [0, 0.05) is 12.6 Å². The molecule has 5 nitrogen and oxygen atoms in total. The van der Waals surface area contributed by atoms with Gasteiger partial charge in [0.25, 0.3) is 0 Å². The molecular weight excluding hydrogens is 304 g/mol. The molecule has 1 fully saturated rings. The van der Waals surface area contributed by atoms with Crippen molar-refractivity contribution in [2.75, 3.05) is 6.54 Å². The number of rotatable bonds is 7. The van der Waals surface area contributed by atoms with E-state index in [-0.39, 0.29) is 12.0 Å². The van der Waals surface area contributed by atoms with Crippen molar-refractivity contribution in [1.29, 1.82) is 0 Å². The van der Waals surface area contributed by atoms with Crippen LogP contribution in [0.5, 0.6) is 5.75 Å². The second-order valence-electron chi connectivity index (χ2n) is 6.73. The highest BCUT2D eigenvalue weighted by atomic mass is 16.5. The number of nitrogens with zero attached hydrogens (tertiary/aromatic N) is 1. The zero-order valence-corrected chi connectivity index (χ0v) is 14.5. The van der Waals surface area contributed by atoms with Crippen LogP contribution in [0.15, 0.2) is 34.9 Å². The standard InChI is InChI=1S/C19H24N2O3/c1-13(2)23-16-6-4-15(5-7-16)8-11-20-18(22)19(9-10-19)17-12-14(3)21-24-17/h4-7,12-13H,8-11H2,1-3H3,(H,20,22). The lowest BCUT2D eigenvalue weighted by Crippen LogP contribution is -2.35. The minimum atomic E-state index is -0.490. The molecular formula is C19H24N2O3. The Balaban J connectivity index is 1.50. The number of aryl methyl sites for hydroxylation is 1. The molecule has 3 rings (SSSR count). The van der Waals surface area contributed by atoms with Crippen LogP contribution in [0.2, 0.25) is 0 Å². The molecule has 2 aromatic rings. The summed E-state index contributed by atoms with van der Waals surface area (Å²) in [4.78, 5) is 12.5. The quantitative estimate of drug-likeness (QED) is 0.848. The molecule has 0 bridgehead atoms. The fourth-order valence-corrected chi connectivity index (χ4v) is 2.80. The van der Waals surface area contributed by atoms with E-state index in [1.54, 1.807) is 0 Å². The summed E-state index contributed by atoms with van der Waals surface area (Å²) in [7, 11) is 0. The number of amides is 1. The predicted molar refractivity (Wildman–Crippen MR) is 91.1 cm³/mol. The Bertz CT molecular complexity index is 700. The number of carbonyl (C=O) groups excluding carboxylic acids is 1. The van der Waals surface area contributed by atoms with Crippen molar-refractivity contribution >= 4 is 5.91 Å². The summed E-state index contributed by atoms with van der Waals surface area (Å²) in [6, 6.07) is 9.88. The first-order valence-corrected chi connectivity index (χ1v) is 8.47. The molecule has 128 valence electrons. The lowest BCUT2D eigenvalue weighted by molar-refractivity contribution is -0.124. The predicted octanol–water partition coefficient (Wildman–Crippen LogP) is 3.16. The molecule has 1 N–H and O–H groups in total. The Hall–Kier alpha value is -2.30. The van der Waals surface area contributed by atoms with Gasteiger partial charge in [-0.15, -0.1) is 0 Å². The van der Waals surface area contributed by atoms with E-state index in [9.17, 15) is 4.79 Å². The number of hydrogen-bond donors (Lipinski definition) is 1. The zero-order chi connectivity index (χ0) is 17.2. The molecule has 0 saturated heterocycles. The minimum absolute atomic E-state index is 0.0402. The van der Waals surface area contributed by atoms with Crippen molar-refractivity contribution in [3.63, 3.8) is 0 Å². The fraction of sp³-hybridized carbons (Fsp3) is 0.474. The molecule has 0 atom stereocenters. The summed E-state index contributed by atoms with van der Waals surface area (Å²) < 4.78 is 10.9. The second-order valence-corrected chi connectivity index (χ2v) is 6.73. The van der Waals surface area contributed by atoms with Crippen molar-refractivity contribution in [3.05, 3.63) is 47.3 Å². The van der Waals surface area contributed by atoms with Crippen molar-refractivity contribution < 1.29 is 14.1 Å². The summed E-state index contributed by atoms with van der Waals surface area (Å²) in [5.41, 5.74) is 1.50. The van der Waals surface area contributed by atoms with Crippen molar-refractivity contribution in [3.8, 4) is 5.75 Å².